The third-order valence-electron chi connectivity index (χ3n) is 4.89. The van der Waals surface area contributed by atoms with Gasteiger partial charge in [0, 0.05) is 43.1 Å². The van der Waals surface area contributed by atoms with E-state index in [0.29, 0.717) is 5.56 Å². The van der Waals surface area contributed by atoms with Crippen molar-refractivity contribution < 1.29 is 36.3 Å². The number of nitrogens with zero attached hydrogens (tertiary/aromatic N) is 2. The molecule has 0 saturated carbocycles. The molecule has 2 aromatic carbocycles. The lowest BCUT2D eigenvalue weighted by Gasteiger charge is -2.29. The molecule has 178 valence electrons. The number of benzene rings is 2. The van der Waals surface area contributed by atoms with Crippen LogP contribution < -0.4 is 19.8 Å². The fourth-order valence-corrected chi connectivity index (χ4v) is 4.15. The molecule has 0 spiro atoms. The van der Waals surface area contributed by atoms with E-state index in [1.54, 1.807) is 12.1 Å². The van der Waals surface area contributed by atoms with E-state index < -0.39 is 39.6 Å². The summed E-state index contributed by atoms with van der Waals surface area (Å²) in [4.78, 5) is 25.6. The number of rotatable bonds is 7. The Morgan fingerprint density at radius 3 is 2.12 bits per heavy atom. The van der Waals surface area contributed by atoms with Crippen molar-refractivity contribution in [3.63, 3.8) is 0 Å². The normalized spacial score (nSPS) is 14.6. The number of piperazine rings is 1. The summed E-state index contributed by atoms with van der Waals surface area (Å²) in [6.07, 6.45) is 0. The van der Waals surface area contributed by atoms with Crippen LogP contribution in [0.1, 0.15) is 10.4 Å². The molecule has 33 heavy (non-hydrogen) atoms. The van der Waals surface area contributed by atoms with E-state index in [1.807, 2.05) is 12.1 Å². The van der Waals surface area contributed by atoms with Crippen LogP contribution in [-0.2, 0) is 14.8 Å². The first kappa shape index (κ1) is 24.3. The number of hydrogen-bond acceptors (Lipinski definition) is 6. The van der Waals surface area contributed by atoms with Crippen molar-refractivity contribution in [2.24, 2.45) is 0 Å². The van der Waals surface area contributed by atoms with Crippen molar-refractivity contribution >= 4 is 39.0 Å². The maximum absolute atomic E-state index is 12.9. The quantitative estimate of drug-likeness (QED) is 0.548. The average Bonchev–Trinajstić information content (AvgIpc) is 2.78. The zero-order valence-electron chi connectivity index (χ0n) is 17.2. The highest BCUT2D eigenvalue weighted by molar-refractivity contribution is 7.93. The number of amides is 1. The molecule has 1 aliphatic heterocycles. The van der Waals surface area contributed by atoms with Gasteiger partial charge in [0.15, 0.2) is 0 Å². The monoisotopic (exact) mass is 486 g/mol. The number of carbonyl (C=O) groups is 2. The van der Waals surface area contributed by atoms with Crippen LogP contribution in [0.25, 0.3) is 0 Å². The molecule has 0 unspecified atom stereocenters. The Bertz CT molecular complexity index is 1100. The van der Waals surface area contributed by atoms with Crippen molar-refractivity contribution in [2.45, 2.75) is 5.51 Å². The molecular formula is C20H21F3N4O5S. The molecule has 0 aromatic heterocycles. The second-order valence-corrected chi connectivity index (χ2v) is 8.99. The number of carboxylic acids is 1. The van der Waals surface area contributed by atoms with Gasteiger partial charge in [-0.2, -0.15) is 21.6 Å². The van der Waals surface area contributed by atoms with Crippen molar-refractivity contribution in [1.82, 2.24) is 5.32 Å². The zero-order chi connectivity index (χ0) is 24.2. The molecule has 1 aliphatic rings. The molecule has 1 saturated heterocycles. The van der Waals surface area contributed by atoms with Crippen molar-refractivity contribution in [1.29, 1.82) is 0 Å². The predicted octanol–water partition coefficient (Wildman–Crippen LogP) is 2.09. The fraction of sp³-hybridized carbons (Fsp3) is 0.300. The van der Waals surface area contributed by atoms with Crippen LogP contribution in [0.5, 0.6) is 0 Å². The molecule has 1 fully saturated rings. The van der Waals surface area contributed by atoms with Gasteiger partial charge in [-0.1, -0.05) is 0 Å². The standard InChI is InChI=1S/C20H21F3N4O5S/c21-20(22,23)33(31,32)27(13-18(28)29)17-7-3-15(4-8-17)25-19(30)14-1-5-16(6-2-14)26-11-9-24-10-12-26/h1-8,24H,9-13H2,(H,25,30)(H,28,29). The Kier molecular flexibility index (Phi) is 7.12. The highest BCUT2D eigenvalue weighted by Gasteiger charge is 2.50. The van der Waals surface area contributed by atoms with Gasteiger partial charge in [0.05, 0.1) is 5.69 Å². The van der Waals surface area contributed by atoms with Gasteiger partial charge in [0.2, 0.25) is 0 Å². The van der Waals surface area contributed by atoms with Crippen LogP contribution in [0.3, 0.4) is 0 Å². The summed E-state index contributed by atoms with van der Waals surface area (Å²) in [7, 11) is -5.92. The minimum Gasteiger partial charge on any atom is -0.480 e. The summed E-state index contributed by atoms with van der Waals surface area (Å²) >= 11 is 0. The van der Waals surface area contributed by atoms with Crippen LogP contribution in [0.4, 0.5) is 30.2 Å². The number of halogens is 3. The second kappa shape index (κ2) is 9.67. The van der Waals surface area contributed by atoms with Crippen LogP contribution in [0, 0.1) is 0 Å². The number of carboxylic acid groups (broad SMARTS) is 1. The lowest BCUT2D eigenvalue weighted by molar-refractivity contribution is -0.135. The smallest absolute Gasteiger partial charge is 0.480 e. The van der Waals surface area contributed by atoms with Gasteiger partial charge < -0.3 is 20.6 Å². The van der Waals surface area contributed by atoms with E-state index in [1.165, 1.54) is 12.1 Å². The first-order valence-corrected chi connectivity index (χ1v) is 11.2. The Morgan fingerprint density at radius 1 is 1.03 bits per heavy atom. The highest BCUT2D eigenvalue weighted by atomic mass is 32.2. The lowest BCUT2D eigenvalue weighted by atomic mass is 10.1. The van der Waals surface area contributed by atoms with Crippen LogP contribution in [0.2, 0.25) is 0 Å². The van der Waals surface area contributed by atoms with Gasteiger partial charge in [0.1, 0.15) is 6.54 Å². The van der Waals surface area contributed by atoms with E-state index in [9.17, 15) is 31.2 Å². The third-order valence-corrected chi connectivity index (χ3v) is 6.39. The van der Waals surface area contributed by atoms with E-state index in [4.69, 9.17) is 5.11 Å². The summed E-state index contributed by atoms with van der Waals surface area (Å²) in [5.41, 5.74) is -4.67. The number of anilines is 3. The first-order valence-electron chi connectivity index (χ1n) is 9.77. The van der Waals surface area contributed by atoms with Gasteiger partial charge in [-0.15, -0.1) is 0 Å². The molecule has 9 nitrogen and oxygen atoms in total. The molecule has 3 rings (SSSR count). The summed E-state index contributed by atoms with van der Waals surface area (Å²) < 4.78 is 62.0. The van der Waals surface area contributed by atoms with Crippen molar-refractivity contribution in [3.8, 4) is 0 Å². The molecule has 2 aromatic rings. The molecule has 1 heterocycles. The SMILES string of the molecule is O=C(O)CN(c1ccc(NC(=O)c2ccc(N3CCNCC3)cc2)cc1)S(=O)(=O)C(F)(F)F. The van der Waals surface area contributed by atoms with E-state index in [-0.39, 0.29) is 9.99 Å². The fourth-order valence-electron chi connectivity index (χ4n) is 3.22. The van der Waals surface area contributed by atoms with E-state index in [2.05, 4.69) is 15.5 Å². The van der Waals surface area contributed by atoms with E-state index in [0.717, 1.165) is 44.0 Å². The number of carbonyl (C=O) groups excluding carboxylic acids is 1. The molecular weight excluding hydrogens is 465 g/mol. The number of aliphatic carboxylic acids is 1. The Hall–Kier alpha value is -3.32. The van der Waals surface area contributed by atoms with Gasteiger partial charge in [-0.3, -0.25) is 13.9 Å². The van der Waals surface area contributed by atoms with Gasteiger partial charge in [-0.25, -0.2) is 0 Å². The van der Waals surface area contributed by atoms with Crippen LogP contribution >= 0.6 is 0 Å². The van der Waals surface area contributed by atoms with Crippen LogP contribution in [0.15, 0.2) is 48.5 Å². The van der Waals surface area contributed by atoms with E-state index >= 15 is 0 Å². The van der Waals surface area contributed by atoms with Gasteiger partial charge in [0.25, 0.3) is 5.91 Å². The predicted molar refractivity (Wildman–Crippen MR) is 116 cm³/mol. The van der Waals surface area contributed by atoms with Crippen molar-refractivity contribution in [3.05, 3.63) is 54.1 Å². The van der Waals surface area contributed by atoms with Gasteiger partial charge in [-0.05, 0) is 48.5 Å². The summed E-state index contributed by atoms with van der Waals surface area (Å²) in [5.74, 6) is -2.23. The molecule has 0 aliphatic carbocycles. The Labute approximate surface area is 187 Å². The topological polar surface area (TPSA) is 119 Å². The molecule has 0 atom stereocenters. The molecule has 0 bridgehead atoms. The summed E-state index contributed by atoms with van der Waals surface area (Å²) in [6, 6.07) is 11.2. The number of sulfonamides is 1. The minimum atomic E-state index is -5.92. The lowest BCUT2D eigenvalue weighted by Crippen LogP contribution is -2.43. The summed E-state index contributed by atoms with van der Waals surface area (Å²) in [6.45, 7) is 2.02. The molecule has 1 amide bonds. The molecule has 0 radical (unpaired) electrons. The second-order valence-electron chi connectivity index (χ2n) is 7.14. The minimum absolute atomic E-state index is 0.189. The average molecular weight is 486 g/mol. The first-order chi connectivity index (χ1) is 15.5. The number of alkyl halides is 3. The highest BCUT2D eigenvalue weighted by Crippen LogP contribution is 2.31. The number of nitrogens with one attached hydrogen (secondary N) is 2. The largest absolute Gasteiger partial charge is 0.516 e. The molecule has 3 N–H and O–H groups in total. The maximum Gasteiger partial charge on any atom is 0.516 e. The third kappa shape index (κ3) is 5.73. The van der Waals surface area contributed by atoms with Gasteiger partial charge >= 0.3 is 21.5 Å². The number of hydrogen-bond donors (Lipinski definition) is 3. The Morgan fingerprint density at radius 2 is 1.61 bits per heavy atom. The Balaban J connectivity index is 1.72. The zero-order valence-corrected chi connectivity index (χ0v) is 18.0. The van der Waals surface area contributed by atoms with Crippen LogP contribution in [-0.4, -0.2) is 63.6 Å². The molecule has 13 heteroatoms. The maximum atomic E-state index is 12.9. The van der Waals surface area contributed by atoms with Crippen molar-refractivity contribution in [2.75, 3.05) is 47.2 Å². The summed E-state index contributed by atoms with van der Waals surface area (Å²) in [5, 5.41) is 14.7.